The molecule has 8 heteroatoms. The molecule has 0 atom stereocenters. The van der Waals surface area contributed by atoms with Gasteiger partial charge in [0.2, 0.25) is 0 Å². The van der Waals surface area contributed by atoms with Gasteiger partial charge in [-0.05, 0) is 43.2 Å². The maximum absolute atomic E-state index is 12.5. The fourth-order valence-electron chi connectivity index (χ4n) is 3.73. The predicted molar refractivity (Wildman–Crippen MR) is 111 cm³/mol. The third-order valence-corrected chi connectivity index (χ3v) is 5.47. The Morgan fingerprint density at radius 1 is 1.14 bits per heavy atom. The van der Waals surface area contributed by atoms with E-state index < -0.39 is 5.97 Å². The molecule has 1 aromatic carbocycles. The molecule has 1 aliphatic carbocycles. The van der Waals surface area contributed by atoms with Crippen LogP contribution in [0, 0.1) is 11.3 Å². The van der Waals surface area contributed by atoms with E-state index in [1.54, 1.807) is 4.90 Å². The van der Waals surface area contributed by atoms with E-state index in [0.29, 0.717) is 31.5 Å². The van der Waals surface area contributed by atoms with Gasteiger partial charge < -0.3 is 21.1 Å². The van der Waals surface area contributed by atoms with E-state index in [9.17, 15) is 9.59 Å². The molecular weight excluding hydrogens is 380 g/mol. The Balaban J connectivity index is 0.00000280. The average molecular weight is 407 g/mol. The lowest BCUT2D eigenvalue weighted by Gasteiger charge is -2.31. The Bertz CT molecular complexity index is 755. The first-order chi connectivity index (χ1) is 12.9. The Kier molecular flexibility index (Phi) is 7.45. The summed E-state index contributed by atoms with van der Waals surface area (Å²) in [6.07, 6.45) is 5.53. The summed E-state index contributed by atoms with van der Waals surface area (Å²) in [6, 6.07) is 7.59. The first-order valence-corrected chi connectivity index (χ1v) is 9.36. The van der Waals surface area contributed by atoms with Gasteiger partial charge in [0.25, 0.3) is 0 Å². The summed E-state index contributed by atoms with van der Waals surface area (Å²) in [5.74, 6) is -0.947. The van der Waals surface area contributed by atoms with E-state index in [0.717, 1.165) is 24.8 Å². The molecule has 2 amide bonds. The zero-order valence-corrected chi connectivity index (χ0v) is 16.5. The second-order valence-corrected chi connectivity index (χ2v) is 7.25. The molecule has 0 radical (unpaired) electrons. The number of rotatable bonds is 4. The summed E-state index contributed by atoms with van der Waals surface area (Å²) in [6.45, 7) is 1.21. The molecule has 7 nitrogen and oxygen atoms in total. The number of urea groups is 1. The average Bonchev–Trinajstić information content (AvgIpc) is 2.68. The predicted octanol–water partition coefficient (Wildman–Crippen LogP) is 2.83. The number of nitrogens with two attached hydrogens (primary N) is 1. The molecule has 1 aliphatic heterocycles. The Labute approximate surface area is 170 Å². The van der Waals surface area contributed by atoms with Gasteiger partial charge in [-0.25, -0.2) is 4.79 Å². The Hall–Kier alpha value is -2.54. The highest BCUT2D eigenvalue weighted by atomic mass is 35.5. The second-order valence-electron chi connectivity index (χ2n) is 7.25. The van der Waals surface area contributed by atoms with Crippen LogP contribution in [0.5, 0.6) is 0 Å². The molecule has 28 heavy (non-hydrogen) atoms. The minimum atomic E-state index is -0.732. The summed E-state index contributed by atoms with van der Waals surface area (Å²) in [5, 5.41) is 19.5. The fourth-order valence-corrected chi connectivity index (χ4v) is 3.73. The number of benzene rings is 1. The van der Waals surface area contributed by atoms with Gasteiger partial charge >= 0.3 is 12.0 Å². The molecule has 0 spiro atoms. The highest BCUT2D eigenvalue weighted by Crippen LogP contribution is 2.26. The van der Waals surface area contributed by atoms with Crippen molar-refractivity contribution in [1.82, 2.24) is 10.2 Å². The van der Waals surface area contributed by atoms with Gasteiger partial charge in [0.05, 0.1) is 5.92 Å². The van der Waals surface area contributed by atoms with E-state index in [1.807, 2.05) is 24.3 Å². The summed E-state index contributed by atoms with van der Waals surface area (Å²) in [5.41, 5.74) is 8.46. The number of carbonyl (C=O) groups is 2. The van der Waals surface area contributed by atoms with Crippen molar-refractivity contribution >= 4 is 35.8 Å². The number of nitrogens with one attached hydrogen (secondary N) is 2. The maximum atomic E-state index is 12.5. The summed E-state index contributed by atoms with van der Waals surface area (Å²) in [7, 11) is 0. The van der Waals surface area contributed by atoms with Gasteiger partial charge in [-0.1, -0.05) is 30.3 Å². The number of amidine groups is 1. The standard InChI is InChI=1S/C20H26N4O3.ClH/c21-18(22)15-3-1-13(2-4-15)14-9-11-24(12-10-14)20(27)23-17-7-5-16(6-8-17)19(25)26;/h1-4,9,16-17H,5-8,10-12H2,(H3,21,22)(H,23,27)(H,25,26);1H. The van der Waals surface area contributed by atoms with Crippen molar-refractivity contribution < 1.29 is 14.7 Å². The van der Waals surface area contributed by atoms with Crippen molar-refractivity contribution in [3.8, 4) is 0 Å². The van der Waals surface area contributed by atoms with Crippen LogP contribution in [0.3, 0.4) is 0 Å². The molecule has 2 aliphatic rings. The lowest BCUT2D eigenvalue weighted by atomic mass is 9.86. The lowest BCUT2D eigenvalue weighted by Crippen LogP contribution is -2.47. The maximum Gasteiger partial charge on any atom is 0.317 e. The van der Waals surface area contributed by atoms with Crippen molar-refractivity contribution in [1.29, 1.82) is 5.41 Å². The van der Waals surface area contributed by atoms with Crippen LogP contribution >= 0.6 is 12.4 Å². The van der Waals surface area contributed by atoms with E-state index in [-0.39, 0.29) is 36.2 Å². The minimum absolute atomic E-state index is 0. The van der Waals surface area contributed by atoms with Gasteiger partial charge in [-0.15, -0.1) is 12.4 Å². The van der Waals surface area contributed by atoms with Gasteiger partial charge in [-0.2, -0.15) is 0 Å². The molecular formula is C20H27ClN4O3. The summed E-state index contributed by atoms with van der Waals surface area (Å²) >= 11 is 0. The van der Waals surface area contributed by atoms with Crippen LogP contribution in [0.25, 0.3) is 5.57 Å². The Morgan fingerprint density at radius 3 is 2.29 bits per heavy atom. The second kappa shape index (κ2) is 9.59. The number of nitrogen functional groups attached to an aromatic ring is 1. The summed E-state index contributed by atoms with van der Waals surface area (Å²) < 4.78 is 0. The molecule has 1 heterocycles. The number of carbonyl (C=O) groups excluding carboxylic acids is 1. The number of nitrogens with zero attached hydrogens (tertiary/aromatic N) is 1. The van der Waals surface area contributed by atoms with Crippen LogP contribution in [0.1, 0.15) is 43.2 Å². The smallest absolute Gasteiger partial charge is 0.317 e. The molecule has 0 bridgehead atoms. The normalized spacial score (nSPS) is 21.9. The highest BCUT2D eigenvalue weighted by molar-refractivity contribution is 5.95. The first-order valence-electron chi connectivity index (χ1n) is 9.36. The molecule has 3 rings (SSSR count). The molecule has 5 N–H and O–H groups in total. The van der Waals surface area contributed by atoms with Crippen molar-refractivity contribution in [3.63, 3.8) is 0 Å². The van der Waals surface area contributed by atoms with Crippen LogP contribution in [-0.2, 0) is 4.79 Å². The van der Waals surface area contributed by atoms with Gasteiger partial charge in [0.1, 0.15) is 5.84 Å². The molecule has 1 fully saturated rings. The molecule has 0 unspecified atom stereocenters. The first kappa shape index (κ1) is 21.8. The van der Waals surface area contributed by atoms with Crippen molar-refractivity contribution in [2.24, 2.45) is 11.7 Å². The van der Waals surface area contributed by atoms with E-state index in [1.165, 1.54) is 5.57 Å². The van der Waals surface area contributed by atoms with Crippen LogP contribution in [-0.4, -0.2) is 47.0 Å². The van der Waals surface area contributed by atoms with E-state index >= 15 is 0 Å². The van der Waals surface area contributed by atoms with Crippen LogP contribution in [0.2, 0.25) is 0 Å². The van der Waals surface area contributed by atoms with Gasteiger partial charge in [0, 0.05) is 24.7 Å². The lowest BCUT2D eigenvalue weighted by molar-refractivity contribution is -0.142. The van der Waals surface area contributed by atoms with E-state index in [4.69, 9.17) is 16.2 Å². The molecule has 0 saturated heterocycles. The quantitative estimate of drug-likeness (QED) is 0.454. The van der Waals surface area contributed by atoms with Crippen LogP contribution < -0.4 is 11.1 Å². The highest BCUT2D eigenvalue weighted by Gasteiger charge is 2.28. The SMILES string of the molecule is Cl.N=C(N)c1ccc(C2=CCN(C(=O)NC3CCC(C(=O)O)CC3)CC2)cc1. The molecule has 1 saturated carbocycles. The number of halogens is 1. The van der Waals surface area contributed by atoms with Crippen LogP contribution in [0.4, 0.5) is 4.79 Å². The van der Waals surface area contributed by atoms with Crippen molar-refractivity contribution in [2.45, 2.75) is 38.1 Å². The molecule has 0 aromatic heterocycles. The van der Waals surface area contributed by atoms with Gasteiger partial charge in [-0.3, -0.25) is 10.2 Å². The largest absolute Gasteiger partial charge is 0.481 e. The number of carboxylic acid groups (broad SMARTS) is 1. The van der Waals surface area contributed by atoms with Crippen LogP contribution in [0.15, 0.2) is 30.3 Å². The number of amides is 2. The molecule has 1 aromatic rings. The molecule has 152 valence electrons. The third-order valence-electron chi connectivity index (χ3n) is 5.47. The van der Waals surface area contributed by atoms with E-state index in [2.05, 4.69) is 11.4 Å². The van der Waals surface area contributed by atoms with Crippen molar-refractivity contribution in [3.05, 3.63) is 41.5 Å². The zero-order valence-electron chi connectivity index (χ0n) is 15.7. The van der Waals surface area contributed by atoms with Crippen molar-refractivity contribution in [2.75, 3.05) is 13.1 Å². The minimum Gasteiger partial charge on any atom is -0.481 e. The van der Waals surface area contributed by atoms with Gasteiger partial charge in [0.15, 0.2) is 0 Å². The number of hydrogen-bond acceptors (Lipinski definition) is 3. The number of hydrogen-bond donors (Lipinski definition) is 4. The Morgan fingerprint density at radius 2 is 1.79 bits per heavy atom. The third kappa shape index (κ3) is 5.25. The zero-order chi connectivity index (χ0) is 19.4. The number of carboxylic acids is 1. The monoisotopic (exact) mass is 406 g/mol. The topological polar surface area (TPSA) is 120 Å². The summed E-state index contributed by atoms with van der Waals surface area (Å²) in [4.78, 5) is 25.3. The number of aliphatic carboxylic acids is 1. The fraction of sp³-hybridized carbons (Fsp3) is 0.450.